The molecule has 5 nitrogen and oxygen atoms in total. The SMILES string of the molecule is C=C(/C=C\C=C/Cc1ccccc1-c1cccc2c1oc1ccccc12)c1ccc2c(c1)c1ccccc1n2C1=NC(c2ccccc2)N=C(c2ccccc2)N1. The molecule has 3 heterocycles. The predicted molar refractivity (Wildman–Crippen MR) is 238 cm³/mol. The van der Waals surface area contributed by atoms with Crippen molar-refractivity contribution in [2.75, 3.05) is 0 Å². The minimum absolute atomic E-state index is 0.384. The molecule has 57 heavy (non-hydrogen) atoms. The molecule has 1 aliphatic heterocycles. The summed E-state index contributed by atoms with van der Waals surface area (Å²) in [6, 6.07) is 58.8. The Morgan fingerprint density at radius 2 is 1.33 bits per heavy atom. The maximum Gasteiger partial charge on any atom is 0.211 e. The van der Waals surface area contributed by atoms with E-state index >= 15 is 0 Å². The molecular weight excluding hydrogens is 697 g/mol. The topological polar surface area (TPSA) is 54.8 Å². The molecule has 5 heteroatoms. The van der Waals surface area contributed by atoms with Gasteiger partial charge in [0.1, 0.15) is 17.0 Å². The monoisotopic (exact) mass is 734 g/mol. The molecule has 7 aromatic carbocycles. The average molecular weight is 735 g/mol. The van der Waals surface area contributed by atoms with E-state index in [1.807, 2.05) is 48.5 Å². The van der Waals surface area contributed by atoms with E-state index in [4.69, 9.17) is 14.4 Å². The molecule has 0 amide bonds. The molecule has 0 saturated carbocycles. The molecule has 272 valence electrons. The summed E-state index contributed by atoms with van der Waals surface area (Å²) in [5, 5.41) is 8.15. The lowest BCUT2D eigenvalue weighted by molar-refractivity contribution is 0.670. The van der Waals surface area contributed by atoms with Crippen LogP contribution < -0.4 is 5.32 Å². The summed E-state index contributed by atoms with van der Waals surface area (Å²) in [4.78, 5) is 10.2. The van der Waals surface area contributed by atoms with Crippen LogP contribution in [0, 0.1) is 0 Å². The van der Waals surface area contributed by atoms with Crippen molar-refractivity contribution >= 4 is 61.1 Å². The lowest BCUT2D eigenvalue weighted by atomic mass is 9.96. The van der Waals surface area contributed by atoms with Crippen LogP contribution in [0.1, 0.15) is 28.4 Å². The Bertz CT molecular complexity index is 3090. The Morgan fingerprint density at radius 3 is 2.21 bits per heavy atom. The maximum atomic E-state index is 6.37. The number of para-hydroxylation sites is 3. The Hall–Kier alpha value is -7.50. The molecule has 9 aromatic rings. The minimum Gasteiger partial charge on any atom is -0.455 e. The van der Waals surface area contributed by atoms with Gasteiger partial charge in [-0.05, 0) is 58.5 Å². The zero-order valence-corrected chi connectivity index (χ0v) is 31.2. The van der Waals surface area contributed by atoms with Gasteiger partial charge in [-0.1, -0.05) is 176 Å². The normalized spacial score (nSPS) is 14.5. The van der Waals surface area contributed by atoms with Gasteiger partial charge in [-0.2, -0.15) is 0 Å². The number of hydrogen-bond donors (Lipinski definition) is 1. The molecule has 1 atom stereocenters. The van der Waals surface area contributed by atoms with Crippen LogP contribution in [0.4, 0.5) is 0 Å². The Labute approximate surface area is 331 Å². The number of benzene rings is 7. The molecule has 1 N–H and O–H groups in total. The largest absolute Gasteiger partial charge is 0.455 e. The van der Waals surface area contributed by atoms with Crippen LogP contribution in [0.3, 0.4) is 0 Å². The smallest absolute Gasteiger partial charge is 0.211 e. The highest BCUT2D eigenvalue weighted by Gasteiger charge is 2.24. The standard InChI is InChI=1S/C52H38N4O/c1-35(18-5-2-6-19-36-20-11-12-25-40(36)43-28-17-29-44-42-27-14-16-31-48(42)57-49(43)44)39-32-33-47-45(34-39)41-26-13-15-30-46(41)56(47)52-54-50(37-21-7-3-8-22-37)53-51(55-52)38-23-9-4-10-24-38/h2-18,20-34,50H,1,19H2,(H,53,54,55)/b6-2-,18-5-. The summed E-state index contributed by atoms with van der Waals surface area (Å²) < 4.78 is 8.59. The van der Waals surface area contributed by atoms with E-state index in [9.17, 15) is 0 Å². The quantitative estimate of drug-likeness (QED) is 0.158. The van der Waals surface area contributed by atoms with Crippen molar-refractivity contribution in [2.45, 2.75) is 12.6 Å². The van der Waals surface area contributed by atoms with Crippen molar-refractivity contribution in [3.63, 3.8) is 0 Å². The number of nitrogens with zero attached hydrogens (tertiary/aromatic N) is 3. The molecule has 0 fully saturated rings. The van der Waals surface area contributed by atoms with Crippen LogP contribution in [0.15, 0.2) is 215 Å². The highest BCUT2D eigenvalue weighted by atomic mass is 16.3. The number of nitrogens with one attached hydrogen (secondary N) is 1. The molecule has 2 aromatic heterocycles. The summed E-state index contributed by atoms with van der Waals surface area (Å²) in [6.07, 6.45) is 8.87. The van der Waals surface area contributed by atoms with Gasteiger partial charge in [0.2, 0.25) is 5.96 Å². The van der Waals surface area contributed by atoms with Gasteiger partial charge in [0, 0.05) is 32.7 Å². The second kappa shape index (κ2) is 14.6. The van der Waals surface area contributed by atoms with E-state index in [1.54, 1.807) is 0 Å². The highest BCUT2D eigenvalue weighted by Crippen LogP contribution is 2.37. The zero-order chi connectivity index (χ0) is 38.1. The fourth-order valence-corrected chi connectivity index (χ4v) is 7.93. The number of aliphatic imine (C=N–C) groups is 2. The first-order valence-electron chi connectivity index (χ1n) is 19.3. The lowest BCUT2D eigenvalue weighted by Crippen LogP contribution is -2.39. The highest BCUT2D eigenvalue weighted by molar-refractivity contribution is 6.19. The third-order valence-electron chi connectivity index (χ3n) is 10.7. The molecule has 0 radical (unpaired) electrons. The molecule has 0 spiro atoms. The average Bonchev–Trinajstić information content (AvgIpc) is 3.83. The number of hydrogen-bond acceptors (Lipinski definition) is 4. The summed E-state index contributed by atoms with van der Waals surface area (Å²) in [7, 11) is 0. The van der Waals surface area contributed by atoms with Gasteiger partial charge in [-0.3, -0.25) is 4.57 Å². The second-order valence-electron chi connectivity index (χ2n) is 14.2. The third-order valence-corrected chi connectivity index (χ3v) is 10.7. The molecule has 1 unspecified atom stereocenters. The van der Waals surface area contributed by atoms with E-state index in [1.165, 1.54) is 11.1 Å². The number of furan rings is 1. The molecule has 10 rings (SSSR count). The van der Waals surface area contributed by atoms with Gasteiger partial charge in [-0.15, -0.1) is 0 Å². The van der Waals surface area contributed by atoms with Crippen LogP contribution in [-0.4, -0.2) is 16.4 Å². The predicted octanol–water partition coefficient (Wildman–Crippen LogP) is 12.7. The van der Waals surface area contributed by atoms with Crippen molar-refractivity contribution in [1.82, 2.24) is 9.88 Å². The maximum absolute atomic E-state index is 6.37. The molecule has 0 aliphatic carbocycles. The number of fused-ring (bicyclic) bond motifs is 6. The van der Waals surface area contributed by atoms with Gasteiger partial charge in [0.25, 0.3) is 0 Å². The van der Waals surface area contributed by atoms with E-state index < -0.39 is 0 Å². The minimum atomic E-state index is -0.384. The lowest BCUT2D eigenvalue weighted by Gasteiger charge is -2.23. The number of rotatable bonds is 8. The van der Waals surface area contributed by atoms with Crippen molar-refractivity contribution in [2.24, 2.45) is 9.98 Å². The van der Waals surface area contributed by atoms with Crippen LogP contribution in [0.5, 0.6) is 0 Å². The van der Waals surface area contributed by atoms with Crippen LogP contribution >= 0.6 is 0 Å². The van der Waals surface area contributed by atoms with Crippen LogP contribution in [-0.2, 0) is 6.42 Å². The van der Waals surface area contributed by atoms with E-state index in [0.717, 1.165) is 89.8 Å². The Balaban J connectivity index is 0.926. The molecule has 0 bridgehead atoms. The number of amidine groups is 1. The van der Waals surface area contributed by atoms with E-state index in [0.29, 0.717) is 0 Å². The van der Waals surface area contributed by atoms with E-state index in [-0.39, 0.29) is 6.17 Å². The fraction of sp³-hybridized carbons (Fsp3) is 0.0385. The van der Waals surface area contributed by atoms with Gasteiger partial charge in [0.15, 0.2) is 6.17 Å². The molecule has 0 saturated heterocycles. The molecule has 1 aliphatic rings. The summed E-state index contributed by atoms with van der Waals surface area (Å²) >= 11 is 0. The van der Waals surface area contributed by atoms with Gasteiger partial charge < -0.3 is 9.73 Å². The number of aromatic nitrogens is 1. The van der Waals surface area contributed by atoms with Crippen molar-refractivity contribution < 1.29 is 4.42 Å². The first-order valence-corrected chi connectivity index (χ1v) is 19.3. The van der Waals surface area contributed by atoms with Crippen LogP contribution in [0.2, 0.25) is 0 Å². The number of allylic oxidation sites excluding steroid dienone is 5. The van der Waals surface area contributed by atoms with Crippen molar-refractivity contribution in [3.05, 3.63) is 223 Å². The molecular formula is C52H38N4O. The first kappa shape index (κ1) is 34.0. The van der Waals surface area contributed by atoms with Crippen molar-refractivity contribution in [3.8, 4) is 11.1 Å². The van der Waals surface area contributed by atoms with Crippen molar-refractivity contribution in [1.29, 1.82) is 0 Å². The second-order valence-corrected chi connectivity index (χ2v) is 14.2. The van der Waals surface area contributed by atoms with Gasteiger partial charge in [0.05, 0.1) is 11.0 Å². The van der Waals surface area contributed by atoms with Gasteiger partial charge in [-0.25, -0.2) is 9.98 Å². The van der Waals surface area contributed by atoms with Crippen LogP contribution in [0.25, 0.3) is 60.4 Å². The summed E-state index contributed by atoms with van der Waals surface area (Å²) in [5.41, 5.74) is 11.5. The summed E-state index contributed by atoms with van der Waals surface area (Å²) in [6.45, 7) is 4.46. The van der Waals surface area contributed by atoms with E-state index in [2.05, 4.69) is 162 Å². The first-order chi connectivity index (χ1) is 28.2. The Morgan fingerprint density at radius 1 is 0.632 bits per heavy atom. The van der Waals surface area contributed by atoms with Gasteiger partial charge >= 0.3 is 0 Å². The Kier molecular flexibility index (Phi) is 8.73. The summed E-state index contributed by atoms with van der Waals surface area (Å²) in [5.74, 6) is 1.52. The fourth-order valence-electron chi connectivity index (χ4n) is 7.93. The third kappa shape index (κ3) is 6.35. The zero-order valence-electron chi connectivity index (χ0n) is 31.2.